The molecular formula is C12H18N4O2. The smallest absolute Gasteiger partial charge is 0.243 e. The number of hydrogen-bond acceptors (Lipinski definition) is 5. The molecule has 1 aliphatic rings. The minimum Gasteiger partial charge on any atom is -0.394 e. The first-order chi connectivity index (χ1) is 8.72. The summed E-state index contributed by atoms with van der Waals surface area (Å²) < 4.78 is 0. The summed E-state index contributed by atoms with van der Waals surface area (Å²) >= 11 is 0. The van der Waals surface area contributed by atoms with E-state index in [0.29, 0.717) is 5.95 Å². The van der Waals surface area contributed by atoms with Crippen molar-refractivity contribution in [2.45, 2.75) is 31.8 Å². The maximum absolute atomic E-state index is 12.1. The molecule has 1 unspecified atom stereocenters. The van der Waals surface area contributed by atoms with Gasteiger partial charge in [0.25, 0.3) is 0 Å². The Labute approximate surface area is 106 Å². The van der Waals surface area contributed by atoms with Crippen molar-refractivity contribution in [1.29, 1.82) is 0 Å². The summed E-state index contributed by atoms with van der Waals surface area (Å²) in [6.45, 7) is 2.51. The van der Waals surface area contributed by atoms with E-state index < -0.39 is 0 Å². The van der Waals surface area contributed by atoms with Crippen LogP contribution in [0, 0.1) is 0 Å². The fourth-order valence-electron chi connectivity index (χ4n) is 2.10. The van der Waals surface area contributed by atoms with Gasteiger partial charge in [-0.1, -0.05) is 0 Å². The van der Waals surface area contributed by atoms with Crippen LogP contribution in [0.4, 0.5) is 5.95 Å². The summed E-state index contributed by atoms with van der Waals surface area (Å²) in [6.07, 6.45) is 5.09. The van der Waals surface area contributed by atoms with Gasteiger partial charge in [0, 0.05) is 25.0 Å². The van der Waals surface area contributed by atoms with Crippen molar-refractivity contribution in [2.24, 2.45) is 0 Å². The van der Waals surface area contributed by atoms with E-state index in [9.17, 15) is 4.79 Å². The van der Waals surface area contributed by atoms with Gasteiger partial charge in [-0.3, -0.25) is 4.79 Å². The summed E-state index contributed by atoms with van der Waals surface area (Å²) in [4.78, 5) is 22.4. The van der Waals surface area contributed by atoms with Gasteiger partial charge in [0.05, 0.1) is 6.61 Å². The Balaban J connectivity index is 2.06. The Kier molecular flexibility index (Phi) is 4.09. The lowest BCUT2D eigenvalue weighted by molar-refractivity contribution is -0.123. The number of nitrogens with one attached hydrogen (secondary N) is 1. The molecule has 6 nitrogen and oxygen atoms in total. The molecule has 0 bridgehead atoms. The van der Waals surface area contributed by atoms with Crippen molar-refractivity contribution in [1.82, 2.24) is 15.3 Å². The highest BCUT2D eigenvalue weighted by Crippen LogP contribution is 2.21. The molecule has 0 aliphatic carbocycles. The van der Waals surface area contributed by atoms with E-state index in [1.165, 1.54) is 0 Å². The van der Waals surface area contributed by atoms with Crippen LogP contribution >= 0.6 is 0 Å². The predicted octanol–water partition coefficient (Wildman–Crippen LogP) is -0.0576. The summed E-state index contributed by atoms with van der Waals surface area (Å²) in [5.74, 6) is 0.522. The Bertz CT molecular complexity index is 398. The zero-order valence-electron chi connectivity index (χ0n) is 10.4. The molecule has 2 rings (SSSR count). The molecule has 2 atom stereocenters. The van der Waals surface area contributed by atoms with Crippen LogP contribution in [-0.4, -0.2) is 46.2 Å². The van der Waals surface area contributed by atoms with E-state index in [2.05, 4.69) is 15.3 Å². The van der Waals surface area contributed by atoms with Gasteiger partial charge >= 0.3 is 0 Å². The third-order valence-corrected chi connectivity index (χ3v) is 3.03. The quantitative estimate of drug-likeness (QED) is 0.783. The normalized spacial score (nSPS) is 20.8. The monoisotopic (exact) mass is 250 g/mol. The lowest BCUT2D eigenvalue weighted by Gasteiger charge is -2.24. The minimum absolute atomic E-state index is 0.0553. The Hall–Kier alpha value is -1.69. The van der Waals surface area contributed by atoms with Gasteiger partial charge in [0.15, 0.2) is 0 Å². The van der Waals surface area contributed by atoms with Crippen LogP contribution in [0.25, 0.3) is 0 Å². The Morgan fingerprint density at radius 3 is 3.00 bits per heavy atom. The van der Waals surface area contributed by atoms with E-state index in [-0.39, 0.29) is 24.6 Å². The lowest BCUT2D eigenvalue weighted by atomic mass is 10.2. The molecule has 0 spiro atoms. The molecule has 0 saturated carbocycles. The third kappa shape index (κ3) is 2.76. The first-order valence-electron chi connectivity index (χ1n) is 6.17. The highest BCUT2D eigenvalue weighted by molar-refractivity contribution is 5.85. The highest BCUT2D eigenvalue weighted by atomic mass is 16.3. The molecule has 2 heterocycles. The summed E-state index contributed by atoms with van der Waals surface area (Å²) in [5, 5.41) is 11.7. The average molecular weight is 250 g/mol. The first kappa shape index (κ1) is 12.8. The molecule has 1 aliphatic heterocycles. The molecule has 0 aromatic carbocycles. The lowest BCUT2D eigenvalue weighted by Crippen LogP contribution is -2.47. The number of amides is 1. The topological polar surface area (TPSA) is 78.4 Å². The van der Waals surface area contributed by atoms with E-state index in [4.69, 9.17) is 5.11 Å². The van der Waals surface area contributed by atoms with Gasteiger partial charge in [-0.2, -0.15) is 0 Å². The highest BCUT2D eigenvalue weighted by Gasteiger charge is 2.32. The van der Waals surface area contributed by atoms with Gasteiger partial charge in [0.2, 0.25) is 11.9 Å². The average Bonchev–Trinajstić information content (AvgIpc) is 2.88. The fraction of sp³-hybridized carbons (Fsp3) is 0.583. The summed E-state index contributed by atoms with van der Waals surface area (Å²) in [7, 11) is 0. The van der Waals surface area contributed by atoms with Gasteiger partial charge in [-0.25, -0.2) is 9.97 Å². The molecule has 6 heteroatoms. The number of anilines is 1. The maximum Gasteiger partial charge on any atom is 0.243 e. The van der Waals surface area contributed by atoms with Crippen LogP contribution in [-0.2, 0) is 4.79 Å². The molecule has 0 radical (unpaired) electrons. The predicted molar refractivity (Wildman–Crippen MR) is 67.1 cm³/mol. The second-order valence-corrected chi connectivity index (χ2v) is 4.49. The van der Waals surface area contributed by atoms with Crippen LogP contribution in [0.2, 0.25) is 0 Å². The van der Waals surface area contributed by atoms with Crippen molar-refractivity contribution in [2.75, 3.05) is 18.1 Å². The largest absolute Gasteiger partial charge is 0.394 e. The van der Waals surface area contributed by atoms with Crippen LogP contribution in [0.3, 0.4) is 0 Å². The summed E-state index contributed by atoms with van der Waals surface area (Å²) in [6, 6.07) is 1.29. The van der Waals surface area contributed by atoms with Crippen LogP contribution in [0.1, 0.15) is 19.8 Å². The third-order valence-electron chi connectivity index (χ3n) is 3.03. The van der Waals surface area contributed by atoms with Gasteiger partial charge in [0.1, 0.15) is 6.04 Å². The fourth-order valence-corrected chi connectivity index (χ4v) is 2.10. The zero-order chi connectivity index (χ0) is 13.0. The first-order valence-corrected chi connectivity index (χ1v) is 6.17. The van der Waals surface area contributed by atoms with E-state index in [1.54, 1.807) is 25.4 Å². The molecule has 18 heavy (non-hydrogen) atoms. The van der Waals surface area contributed by atoms with E-state index in [1.807, 2.05) is 4.90 Å². The SMILES string of the molecule is C[C@@H](CO)NC(=O)C1CCCN1c1ncccn1. The molecule has 1 fully saturated rings. The number of aliphatic hydroxyl groups excluding tert-OH is 1. The summed E-state index contributed by atoms with van der Waals surface area (Å²) in [5.41, 5.74) is 0. The van der Waals surface area contributed by atoms with E-state index in [0.717, 1.165) is 19.4 Å². The van der Waals surface area contributed by atoms with Crippen LogP contribution < -0.4 is 10.2 Å². The minimum atomic E-state index is -0.235. The Morgan fingerprint density at radius 1 is 1.61 bits per heavy atom. The molecule has 1 saturated heterocycles. The molecule has 2 N–H and O–H groups in total. The number of nitrogens with zero attached hydrogens (tertiary/aromatic N) is 3. The molecule has 1 amide bonds. The van der Waals surface area contributed by atoms with Crippen molar-refractivity contribution >= 4 is 11.9 Å². The maximum atomic E-state index is 12.1. The van der Waals surface area contributed by atoms with Crippen molar-refractivity contribution < 1.29 is 9.90 Å². The van der Waals surface area contributed by atoms with Gasteiger partial charge in [-0.15, -0.1) is 0 Å². The van der Waals surface area contributed by atoms with Gasteiger partial charge in [-0.05, 0) is 25.8 Å². The second-order valence-electron chi connectivity index (χ2n) is 4.49. The Morgan fingerprint density at radius 2 is 2.33 bits per heavy atom. The molecule has 1 aromatic rings. The molecular weight excluding hydrogens is 232 g/mol. The molecule has 1 aromatic heterocycles. The number of carbonyl (C=O) groups is 1. The number of aromatic nitrogens is 2. The molecule has 98 valence electrons. The number of carbonyl (C=O) groups excluding carboxylic acids is 1. The van der Waals surface area contributed by atoms with Gasteiger partial charge < -0.3 is 15.3 Å². The van der Waals surface area contributed by atoms with Crippen molar-refractivity contribution in [3.05, 3.63) is 18.5 Å². The van der Waals surface area contributed by atoms with Crippen molar-refractivity contribution in [3.63, 3.8) is 0 Å². The zero-order valence-corrected chi connectivity index (χ0v) is 10.4. The number of aliphatic hydroxyl groups is 1. The number of hydrogen-bond donors (Lipinski definition) is 2. The standard InChI is InChI=1S/C12H18N4O2/c1-9(8-17)15-11(18)10-4-2-7-16(10)12-13-5-3-6-14-12/h3,5-6,9-10,17H,2,4,7-8H2,1H3,(H,15,18)/t9-,10?/m0/s1. The number of rotatable bonds is 4. The van der Waals surface area contributed by atoms with Crippen LogP contribution in [0.5, 0.6) is 0 Å². The second kappa shape index (κ2) is 5.77. The van der Waals surface area contributed by atoms with Crippen LogP contribution in [0.15, 0.2) is 18.5 Å². The van der Waals surface area contributed by atoms with E-state index >= 15 is 0 Å². The van der Waals surface area contributed by atoms with Crippen molar-refractivity contribution in [3.8, 4) is 0 Å².